The van der Waals surface area contributed by atoms with E-state index < -0.39 is 5.82 Å². The van der Waals surface area contributed by atoms with Crippen LogP contribution in [0, 0.1) is 19.7 Å². The van der Waals surface area contributed by atoms with Gasteiger partial charge < -0.3 is 11.1 Å². The molecule has 0 saturated carbocycles. The van der Waals surface area contributed by atoms with Crippen molar-refractivity contribution >= 4 is 34.3 Å². The van der Waals surface area contributed by atoms with Gasteiger partial charge in [-0.25, -0.2) is 4.39 Å². The molecular formula is C13H14ClFN2S. The van der Waals surface area contributed by atoms with Crippen LogP contribution in [0.1, 0.15) is 15.3 Å². The van der Waals surface area contributed by atoms with Crippen molar-refractivity contribution < 1.29 is 4.39 Å². The molecule has 0 saturated heterocycles. The zero-order chi connectivity index (χ0) is 13.3. The van der Waals surface area contributed by atoms with Gasteiger partial charge in [0, 0.05) is 22.4 Å². The van der Waals surface area contributed by atoms with E-state index in [0.717, 1.165) is 0 Å². The van der Waals surface area contributed by atoms with Crippen LogP contribution in [0.5, 0.6) is 0 Å². The maximum absolute atomic E-state index is 13.1. The van der Waals surface area contributed by atoms with Gasteiger partial charge in [0.15, 0.2) is 0 Å². The summed E-state index contributed by atoms with van der Waals surface area (Å²) < 4.78 is 13.1. The third kappa shape index (κ3) is 2.76. The first-order valence-electron chi connectivity index (χ1n) is 5.51. The molecule has 18 heavy (non-hydrogen) atoms. The number of nitrogens with one attached hydrogen (secondary N) is 1. The highest BCUT2D eigenvalue weighted by atomic mass is 35.5. The van der Waals surface area contributed by atoms with Gasteiger partial charge in [0.05, 0.1) is 16.4 Å². The Balaban J connectivity index is 2.13. The van der Waals surface area contributed by atoms with Gasteiger partial charge in [-0.1, -0.05) is 11.6 Å². The predicted octanol–water partition coefficient (Wildman–Crippen LogP) is 4.35. The Morgan fingerprint density at radius 2 is 2.06 bits per heavy atom. The minimum absolute atomic E-state index is 0.0743. The van der Waals surface area contributed by atoms with E-state index >= 15 is 0 Å². The fourth-order valence-electron chi connectivity index (χ4n) is 1.63. The van der Waals surface area contributed by atoms with E-state index in [-0.39, 0.29) is 5.02 Å². The second-order valence-corrected chi connectivity index (χ2v) is 5.91. The Kier molecular flexibility index (Phi) is 3.78. The number of nitrogens with two attached hydrogens (primary N) is 1. The van der Waals surface area contributed by atoms with Crippen molar-refractivity contribution in [2.45, 2.75) is 20.4 Å². The minimum atomic E-state index is -0.498. The van der Waals surface area contributed by atoms with Gasteiger partial charge >= 0.3 is 0 Å². The summed E-state index contributed by atoms with van der Waals surface area (Å²) >= 11 is 7.47. The number of anilines is 2. The molecule has 1 heterocycles. The third-order valence-electron chi connectivity index (χ3n) is 2.76. The van der Waals surface area contributed by atoms with Crippen molar-refractivity contribution in [2.75, 3.05) is 11.1 Å². The predicted molar refractivity (Wildman–Crippen MR) is 76.9 cm³/mol. The largest absolute Gasteiger partial charge is 0.397 e. The standard InChI is InChI=1S/C13H14ClFN2S/c1-7-3-9(18-8(7)2)6-17-13-4-10(14)11(15)5-12(13)16/h3-5,17H,6,16H2,1-2H3. The van der Waals surface area contributed by atoms with Crippen LogP contribution in [0.3, 0.4) is 0 Å². The van der Waals surface area contributed by atoms with Crippen molar-refractivity contribution in [1.82, 2.24) is 0 Å². The molecule has 1 aromatic carbocycles. The molecule has 0 atom stereocenters. The van der Waals surface area contributed by atoms with Crippen molar-refractivity contribution in [3.05, 3.63) is 44.4 Å². The van der Waals surface area contributed by atoms with Crippen LogP contribution in [-0.4, -0.2) is 0 Å². The Bertz CT molecular complexity index is 561. The summed E-state index contributed by atoms with van der Waals surface area (Å²) in [5.74, 6) is -0.498. The summed E-state index contributed by atoms with van der Waals surface area (Å²) in [6.45, 7) is 4.83. The molecule has 0 amide bonds. The summed E-state index contributed by atoms with van der Waals surface area (Å²) in [6.07, 6.45) is 0. The molecule has 0 bridgehead atoms. The van der Waals surface area contributed by atoms with Gasteiger partial charge in [0.2, 0.25) is 0 Å². The molecule has 3 N–H and O–H groups in total. The number of thiophene rings is 1. The van der Waals surface area contributed by atoms with E-state index in [1.54, 1.807) is 11.3 Å². The molecule has 0 radical (unpaired) electrons. The Labute approximate surface area is 115 Å². The van der Waals surface area contributed by atoms with Crippen LogP contribution in [0.25, 0.3) is 0 Å². The zero-order valence-corrected chi connectivity index (χ0v) is 11.8. The lowest BCUT2D eigenvalue weighted by Crippen LogP contribution is -2.02. The first-order chi connectivity index (χ1) is 8.47. The fraction of sp³-hybridized carbons (Fsp3) is 0.231. The molecule has 1 aromatic heterocycles. The van der Waals surface area contributed by atoms with Crippen molar-refractivity contribution in [3.63, 3.8) is 0 Å². The van der Waals surface area contributed by atoms with Gasteiger partial charge in [0.1, 0.15) is 5.82 Å². The first-order valence-corrected chi connectivity index (χ1v) is 6.71. The highest BCUT2D eigenvalue weighted by molar-refractivity contribution is 7.12. The highest BCUT2D eigenvalue weighted by Crippen LogP contribution is 2.28. The molecule has 0 aliphatic heterocycles. The molecule has 5 heteroatoms. The lowest BCUT2D eigenvalue weighted by molar-refractivity contribution is 0.629. The second-order valence-electron chi connectivity index (χ2n) is 4.16. The molecule has 0 aliphatic carbocycles. The van der Waals surface area contributed by atoms with Crippen molar-refractivity contribution in [3.8, 4) is 0 Å². The van der Waals surface area contributed by atoms with Crippen LogP contribution in [0.15, 0.2) is 18.2 Å². The summed E-state index contributed by atoms with van der Waals surface area (Å²) in [7, 11) is 0. The molecule has 2 nitrogen and oxygen atoms in total. The van der Waals surface area contributed by atoms with Crippen LogP contribution in [0.2, 0.25) is 5.02 Å². The van der Waals surface area contributed by atoms with E-state index in [9.17, 15) is 4.39 Å². The van der Waals surface area contributed by atoms with Gasteiger partial charge in [0.25, 0.3) is 0 Å². The van der Waals surface area contributed by atoms with Crippen LogP contribution >= 0.6 is 22.9 Å². The van der Waals surface area contributed by atoms with Crippen LogP contribution in [0.4, 0.5) is 15.8 Å². The van der Waals surface area contributed by atoms with Gasteiger partial charge in [-0.05, 0) is 31.5 Å². The highest BCUT2D eigenvalue weighted by Gasteiger charge is 2.07. The number of benzene rings is 1. The van der Waals surface area contributed by atoms with Crippen LogP contribution in [-0.2, 0) is 6.54 Å². The maximum atomic E-state index is 13.1. The number of halogens is 2. The van der Waals surface area contributed by atoms with Crippen molar-refractivity contribution in [2.24, 2.45) is 0 Å². The van der Waals surface area contributed by atoms with Crippen LogP contribution < -0.4 is 11.1 Å². The van der Waals surface area contributed by atoms with Gasteiger partial charge in [-0.3, -0.25) is 0 Å². The molecule has 0 unspecified atom stereocenters. The summed E-state index contributed by atoms with van der Waals surface area (Å²) in [4.78, 5) is 2.52. The SMILES string of the molecule is Cc1cc(CNc2cc(Cl)c(F)cc2N)sc1C. The van der Waals surface area contributed by atoms with Gasteiger partial charge in [-0.2, -0.15) is 0 Å². The fourth-order valence-corrected chi connectivity index (χ4v) is 2.79. The minimum Gasteiger partial charge on any atom is -0.397 e. The third-order valence-corrected chi connectivity index (χ3v) is 4.20. The normalized spacial score (nSPS) is 10.7. The monoisotopic (exact) mass is 284 g/mol. The van der Waals surface area contributed by atoms with E-state index in [2.05, 4.69) is 25.2 Å². The van der Waals surface area contributed by atoms with E-state index in [1.807, 2.05) is 0 Å². The molecular weight excluding hydrogens is 271 g/mol. The summed E-state index contributed by atoms with van der Waals surface area (Å²) in [5, 5.41) is 3.25. The molecule has 0 aliphatic rings. The lowest BCUT2D eigenvalue weighted by Gasteiger charge is -2.09. The number of aryl methyl sites for hydroxylation is 2. The second kappa shape index (κ2) is 5.16. The van der Waals surface area contributed by atoms with E-state index in [0.29, 0.717) is 17.9 Å². The number of nitrogen functional groups attached to an aromatic ring is 1. The first kappa shape index (κ1) is 13.2. The smallest absolute Gasteiger partial charge is 0.143 e. The van der Waals surface area contributed by atoms with E-state index in [1.165, 1.54) is 27.5 Å². The number of rotatable bonds is 3. The summed E-state index contributed by atoms with van der Waals surface area (Å²) in [5.41, 5.74) is 8.03. The van der Waals surface area contributed by atoms with Gasteiger partial charge in [-0.15, -0.1) is 11.3 Å². The number of hydrogen-bond donors (Lipinski definition) is 2. The Morgan fingerprint density at radius 3 is 2.67 bits per heavy atom. The topological polar surface area (TPSA) is 38.0 Å². The van der Waals surface area contributed by atoms with Crippen molar-refractivity contribution in [1.29, 1.82) is 0 Å². The Hall–Kier alpha value is -1.26. The maximum Gasteiger partial charge on any atom is 0.143 e. The summed E-state index contributed by atoms with van der Waals surface area (Å²) in [6, 6.07) is 4.88. The average molecular weight is 285 g/mol. The molecule has 2 aromatic rings. The quantitative estimate of drug-likeness (QED) is 0.822. The zero-order valence-electron chi connectivity index (χ0n) is 10.2. The average Bonchev–Trinajstić information content (AvgIpc) is 2.62. The Morgan fingerprint density at radius 1 is 1.33 bits per heavy atom. The number of hydrogen-bond acceptors (Lipinski definition) is 3. The molecule has 0 fully saturated rings. The molecule has 0 spiro atoms. The van der Waals surface area contributed by atoms with E-state index in [4.69, 9.17) is 17.3 Å². The lowest BCUT2D eigenvalue weighted by atomic mass is 10.2. The molecule has 96 valence electrons. The molecule has 2 rings (SSSR count).